The Morgan fingerprint density at radius 2 is 2.20 bits per heavy atom. The van der Waals surface area contributed by atoms with Gasteiger partial charge in [0.05, 0.1) is 15.7 Å². The van der Waals surface area contributed by atoms with Crippen molar-refractivity contribution in [2.45, 2.75) is 0 Å². The highest BCUT2D eigenvalue weighted by Crippen LogP contribution is 2.25. The third-order valence-electron chi connectivity index (χ3n) is 2.94. The topological polar surface area (TPSA) is 55.1 Å². The molecule has 0 saturated carbocycles. The molecule has 0 aliphatic carbocycles. The highest BCUT2D eigenvalue weighted by atomic mass is 79.9. The zero-order valence-corrected chi connectivity index (χ0v) is 12.5. The van der Waals surface area contributed by atoms with Crippen molar-refractivity contribution >= 4 is 54.6 Å². The van der Waals surface area contributed by atoms with Crippen molar-refractivity contribution < 1.29 is 0 Å². The van der Waals surface area contributed by atoms with Gasteiger partial charge in [-0.3, -0.25) is 0 Å². The average molecular weight is 346 g/mol. The first-order chi connectivity index (χ1) is 9.79. The molecule has 0 saturated heterocycles. The summed E-state index contributed by atoms with van der Waals surface area (Å²) in [5.74, 6) is 0.716. The predicted octanol–water partition coefficient (Wildman–Crippen LogP) is 3.85. The SMILES string of the molecule is Brc1cn2ccnc2c(Nc2ccc3ncsc3c2)n1. The van der Waals surface area contributed by atoms with Crippen LogP contribution in [0.1, 0.15) is 0 Å². The number of thiazole rings is 1. The van der Waals surface area contributed by atoms with E-state index in [1.54, 1.807) is 17.5 Å². The summed E-state index contributed by atoms with van der Waals surface area (Å²) in [6, 6.07) is 6.05. The molecule has 0 aliphatic heterocycles. The van der Waals surface area contributed by atoms with Crippen molar-refractivity contribution in [3.63, 3.8) is 0 Å². The molecule has 0 radical (unpaired) electrons. The first-order valence-corrected chi connectivity index (χ1v) is 7.56. The lowest BCUT2D eigenvalue weighted by Gasteiger charge is -2.07. The number of aromatic nitrogens is 4. The summed E-state index contributed by atoms with van der Waals surface area (Å²) in [7, 11) is 0. The minimum atomic E-state index is 0.716. The Hall–Kier alpha value is -1.99. The largest absolute Gasteiger partial charge is 0.337 e. The van der Waals surface area contributed by atoms with Crippen molar-refractivity contribution in [3.8, 4) is 0 Å². The third kappa shape index (κ3) is 1.95. The summed E-state index contributed by atoms with van der Waals surface area (Å²) < 4.78 is 3.82. The Bertz CT molecular complexity index is 913. The van der Waals surface area contributed by atoms with Crippen LogP contribution in [0.15, 0.2) is 46.9 Å². The molecule has 3 aromatic heterocycles. The lowest BCUT2D eigenvalue weighted by Crippen LogP contribution is -1.98. The Balaban J connectivity index is 1.81. The maximum Gasteiger partial charge on any atom is 0.180 e. The van der Waals surface area contributed by atoms with Crippen LogP contribution in [0, 0.1) is 0 Å². The molecule has 0 atom stereocenters. The van der Waals surface area contributed by atoms with Crippen LogP contribution in [-0.2, 0) is 0 Å². The number of nitrogens with zero attached hydrogens (tertiary/aromatic N) is 4. The summed E-state index contributed by atoms with van der Waals surface area (Å²) in [5.41, 5.74) is 4.61. The van der Waals surface area contributed by atoms with Gasteiger partial charge >= 0.3 is 0 Å². The fourth-order valence-corrected chi connectivity index (χ4v) is 3.17. The molecular weight excluding hydrogens is 338 g/mol. The van der Waals surface area contributed by atoms with Gasteiger partial charge in [-0.1, -0.05) is 0 Å². The van der Waals surface area contributed by atoms with Crippen molar-refractivity contribution in [2.75, 3.05) is 5.32 Å². The molecular formula is C13H8BrN5S. The molecule has 0 bridgehead atoms. The molecule has 1 N–H and O–H groups in total. The number of nitrogens with one attached hydrogen (secondary N) is 1. The van der Waals surface area contributed by atoms with Gasteiger partial charge in [-0.15, -0.1) is 11.3 Å². The fraction of sp³-hybridized carbons (Fsp3) is 0. The molecule has 0 spiro atoms. The minimum Gasteiger partial charge on any atom is -0.337 e. The van der Waals surface area contributed by atoms with Crippen LogP contribution in [0.5, 0.6) is 0 Å². The summed E-state index contributed by atoms with van der Waals surface area (Å²) in [6.07, 6.45) is 5.51. The van der Waals surface area contributed by atoms with E-state index in [1.165, 1.54) is 0 Å². The molecule has 5 nitrogen and oxygen atoms in total. The van der Waals surface area contributed by atoms with E-state index >= 15 is 0 Å². The van der Waals surface area contributed by atoms with Gasteiger partial charge in [-0.05, 0) is 34.1 Å². The molecule has 20 heavy (non-hydrogen) atoms. The molecule has 0 fully saturated rings. The third-order valence-corrected chi connectivity index (χ3v) is 4.11. The van der Waals surface area contributed by atoms with E-state index in [1.807, 2.05) is 34.4 Å². The first-order valence-electron chi connectivity index (χ1n) is 5.89. The van der Waals surface area contributed by atoms with Crippen LogP contribution in [0.4, 0.5) is 11.5 Å². The molecule has 1 aromatic carbocycles. The Kier molecular flexibility index (Phi) is 2.68. The van der Waals surface area contributed by atoms with Crippen molar-refractivity contribution in [1.82, 2.24) is 19.4 Å². The molecule has 4 rings (SSSR count). The van der Waals surface area contributed by atoms with E-state index in [4.69, 9.17) is 0 Å². The quantitative estimate of drug-likeness (QED) is 0.599. The number of benzene rings is 1. The van der Waals surface area contributed by atoms with Crippen molar-refractivity contribution in [2.24, 2.45) is 0 Å². The normalized spacial score (nSPS) is 11.2. The summed E-state index contributed by atoms with van der Waals surface area (Å²) in [6.45, 7) is 0. The van der Waals surface area contributed by atoms with Gasteiger partial charge in [0.1, 0.15) is 4.60 Å². The second kappa shape index (κ2) is 4.53. The van der Waals surface area contributed by atoms with Gasteiger partial charge in [0.2, 0.25) is 0 Å². The monoisotopic (exact) mass is 345 g/mol. The van der Waals surface area contributed by atoms with Gasteiger partial charge in [-0.25, -0.2) is 15.0 Å². The summed E-state index contributed by atoms with van der Waals surface area (Å²) >= 11 is 5.03. The number of hydrogen-bond acceptors (Lipinski definition) is 5. The highest BCUT2D eigenvalue weighted by molar-refractivity contribution is 9.10. The lowest BCUT2D eigenvalue weighted by atomic mass is 10.3. The average Bonchev–Trinajstić information content (AvgIpc) is 3.05. The van der Waals surface area contributed by atoms with Gasteiger partial charge < -0.3 is 9.72 Å². The van der Waals surface area contributed by atoms with E-state index in [2.05, 4.69) is 42.3 Å². The molecule has 0 amide bonds. The zero-order chi connectivity index (χ0) is 13.5. The number of imidazole rings is 1. The van der Waals surface area contributed by atoms with E-state index in [0.29, 0.717) is 5.82 Å². The number of halogens is 1. The molecule has 0 unspecified atom stereocenters. The Morgan fingerprint density at radius 1 is 1.25 bits per heavy atom. The molecule has 3 heterocycles. The van der Waals surface area contributed by atoms with Crippen LogP contribution in [0.25, 0.3) is 15.9 Å². The van der Waals surface area contributed by atoms with E-state index < -0.39 is 0 Å². The van der Waals surface area contributed by atoms with Crippen molar-refractivity contribution in [1.29, 1.82) is 0 Å². The lowest BCUT2D eigenvalue weighted by molar-refractivity contribution is 1.10. The van der Waals surface area contributed by atoms with E-state index in [0.717, 1.165) is 26.2 Å². The smallest absolute Gasteiger partial charge is 0.180 e. The fourth-order valence-electron chi connectivity index (χ4n) is 2.05. The highest BCUT2D eigenvalue weighted by Gasteiger charge is 2.07. The first kappa shape index (κ1) is 11.8. The Morgan fingerprint density at radius 3 is 3.15 bits per heavy atom. The maximum atomic E-state index is 4.45. The molecule has 98 valence electrons. The van der Waals surface area contributed by atoms with Gasteiger partial charge in [-0.2, -0.15) is 0 Å². The van der Waals surface area contributed by atoms with Crippen molar-refractivity contribution in [3.05, 3.63) is 46.9 Å². The van der Waals surface area contributed by atoms with Crippen LogP contribution >= 0.6 is 27.3 Å². The van der Waals surface area contributed by atoms with Gasteiger partial charge in [0.15, 0.2) is 11.5 Å². The van der Waals surface area contributed by atoms with Crippen LogP contribution in [-0.4, -0.2) is 19.4 Å². The molecule has 4 aromatic rings. The van der Waals surface area contributed by atoms with Crippen LogP contribution < -0.4 is 5.32 Å². The van der Waals surface area contributed by atoms with Crippen LogP contribution in [0.2, 0.25) is 0 Å². The Labute approximate surface area is 126 Å². The summed E-state index contributed by atoms with van der Waals surface area (Å²) in [5, 5.41) is 3.31. The molecule has 7 heteroatoms. The minimum absolute atomic E-state index is 0.716. The number of hydrogen-bond donors (Lipinski definition) is 1. The van der Waals surface area contributed by atoms with Crippen LogP contribution in [0.3, 0.4) is 0 Å². The van der Waals surface area contributed by atoms with E-state index in [-0.39, 0.29) is 0 Å². The van der Waals surface area contributed by atoms with Gasteiger partial charge in [0.25, 0.3) is 0 Å². The maximum absolute atomic E-state index is 4.45. The molecule has 0 aliphatic rings. The standard InChI is InChI=1S/C13H8BrN5S/c14-11-6-19-4-3-15-13(19)12(18-11)17-8-1-2-9-10(5-8)20-7-16-9/h1-7H,(H,17,18). The number of anilines is 2. The summed E-state index contributed by atoms with van der Waals surface area (Å²) in [4.78, 5) is 13.0. The zero-order valence-electron chi connectivity index (χ0n) is 10.1. The van der Waals surface area contributed by atoms with Gasteiger partial charge in [0, 0.05) is 24.3 Å². The second-order valence-corrected chi connectivity index (χ2v) is 5.93. The second-order valence-electron chi connectivity index (χ2n) is 4.23. The predicted molar refractivity (Wildman–Crippen MR) is 83.6 cm³/mol. The number of fused-ring (bicyclic) bond motifs is 2. The number of rotatable bonds is 2. The van der Waals surface area contributed by atoms with E-state index in [9.17, 15) is 0 Å².